The van der Waals surface area contributed by atoms with E-state index in [1.54, 1.807) is 10.8 Å². The van der Waals surface area contributed by atoms with E-state index in [9.17, 15) is 17.6 Å². The van der Waals surface area contributed by atoms with Gasteiger partial charge in [0.2, 0.25) is 0 Å². The highest BCUT2D eigenvalue weighted by molar-refractivity contribution is 5.32. The maximum atomic E-state index is 13.8. The predicted octanol–water partition coefficient (Wildman–Crippen LogP) is 3.11. The Balaban J connectivity index is 2.46. The molecule has 1 aromatic heterocycles. The highest BCUT2D eigenvalue weighted by atomic mass is 19.4. The molecule has 2 aromatic rings. The lowest BCUT2D eigenvalue weighted by atomic mass is 10.0. The molecular weight excluding hydrogens is 274 g/mol. The lowest BCUT2D eigenvalue weighted by molar-refractivity contribution is -0.137. The van der Waals surface area contributed by atoms with E-state index in [1.807, 2.05) is 6.92 Å². The highest BCUT2D eigenvalue weighted by Gasteiger charge is 2.32. The van der Waals surface area contributed by atoms with Gasteiger partial charge >= 0.3 is 6.18 Å². The number of hydrogen-bond donors (Lipinski definition) is 1. The van der Waals surface area contributed by atoms with Crippen LogP contribution in [0.15, 0.2) is 30.6 Å². The summed E-state index contributed by atoms with van der Waals surface area (Å²) in [6.07, 6.45) is -1.42. The highest BCUT2D eigenvalue weighted by Crippen LogP contribution is 2.32. The molecule has 0 amide bonds. The van der Waals surface area contributed by atoms with Gasteiger partial charge in [-0.1, -0.05) is 0 Å². The summed E-state index contributed by atoms with van der Waals surface area (Å²) in [6.45, 7) is 2.38. The first kappa shape index (κ1) is 14.5. The standard InChI is InChI=1S/C13H13F4N3/c1-2-20-6-5-19-12(20)11(18)9-7-8(13(15,16)17)3-4-10(9)14/h3-7,11H,2,18H2,1H3. The zero-order chi connectivity index (χ0) is 14.9. The van der Waals surface area contributed by atoms with Gasteiger partial charge in [-0.15, -0.1) is 0 Å². The van der Waals surface area contributed by atoms with Gasteiger partial charge in [-0.3, -0.25) is 0 Å². The van der Waals surface area contributed by atoms with Gasteiger partial charge in [0, 0.05) is 24.5 Å². The summed E-state index contributed by atoms with van der Waals surface area (Å²) in [5.41, 5.74) is 4.71. The van der Waals surface area contributed by atoms with Gasteiger partial charge in [-0.2, -0.15) is 13.2 Å². The molecule has 0 radical (unpaired) electrons. The maximum Gasteiger partial charge on any atom is 0.416 e. The maximum absolute atomic E-state index is 13.8. The Labute approximate surface area is 113 Å². The van der Waals surface area contributed by atoms with E-state index in [-0.39, 0.29) is 5.56 Å². The molecule has 3 nitrogen and oxygen atoms in total. The molecule has 1 atom stereocenters. The molecule has 1 heterocycles. The molecule has 108 valence electrons. The Morgan fingerprint density at radius 1 is 1.35 bits per heavy atom. The normalized spacial score (nSPS) is 13.5. The van der Waals surface area contributed by atoms with Crippen molar-refractivity contribution in [2.45, 2.75) is 25.7 Å². The lowest BCUT2D eigenvalue weighted by Crippen LogP contribution is -2.20. The topological polar surface area (TPSA) is 43.8 Å². The van der Waals surface area contributed by atoms with Crippen LogP contribution >= 0.6 is 0 Å². The largest absolute Gasteiger partial charge is 0.416 e. The smallest absolute Gasteiger partial charge is 0.334 e. The van der Waals surface area contributed by atoms with E-state index in [0.29, 0.717) is 18.4 Å². The molecule has 7 heteroatoms. The third kappa shape index (κ3) is 2.67. The van der Waals surface area contributed by atoms with Crippen LogP contribution in [0.4, 0.5) is 17.6 Å². The van der Waals surface area contributed by atoms with Crippen LogP contribution in [-0.2, 0) is 12.7 Å². The van der Waals surface area contributed by atoms with Crippen LogP contribution in [0, 0.1) is 5.82 Å². The molecule has 0 saturated heterocycles. The molecule has 0 bridgehead atoms. The van der Waals surface area contributed by atoms with Crippen molar-refractivity contribution in [2.75, 3.05) is 0 Å². The van der Waals surface area contributed by atoms with Crippen molar-refractivity contribution in [2.24, 2.45) is 5.73 Å². The second-order valence-corrected chi connectivity index (χ2v) is 4.28. The minimum Gasteiger partial charge on any atom is -0.334 e. The van der Waals surface area contributed by atoms with Crippen LogP contribution in [0.5, 0.6) is 0 Å². The van der Waals surface area contributed by atoms with E-state index >= 15 is 0 Å². The van der Waals surface area contributed by atoms with Crippen molar-refractivity contribution in [3.63, 3.8) is 0 Å². The van der Waals surface area contributed by atoms with E-state index < -0.39 is 23.6 Å². The van der Waals surface area contributed by atoms with Gasteiger partial charge in [-0.25, -0.2) is 9.37 Å². The molecule has 0 saturated carbocycles. The lowest BCUT2D eigenvalue weighted by Gasteiger charge is -2.16. The summed E-state index contributed by atoms with van der Waals surface area (Å²) in [7, 11) is 0. The Hall–Kier alpha value is -1.89. The minimum absolute atomic E-state index is 0.222. The molecule has 2 rings (SSSR count). The van der Waals surface area contributed by atoms with Crippen LogP contribution in [0.2, 0.25) is 0 Å². The van der Waals surface area contributed by atoms with Crippen molar-refractivity contribution < 1.29 is 17.6 Å². The summed E-state index contributed by atoms with van der Waals surface area (Å²) in [4.78, 5) is 3.99. The average molecular weight is 287 g/mol. The number of imidazole rings is 1. The molecule has 0 fully saturated rings. The predicted molar refractivity (Wildman–Crippen MR) is 65.3 cm³/mol. The van der Waals surface area contributed by atoms with Crippen molar-refractivity contribution in [3.8, 4) is 0 Å². The number of nitrogens with two attached hydrogens (primary N) is 1. The average Bonchev–Trinajstić information content (AvgIpc) is 2.85. The van der Waals surface area contributed by atoms with Gasteiger partial charge in [0.05, 0.1) is 11.6 Å². The number of hydrogen-bond acceptors (Lipinski definition) is 2. The summed E-state index contributed by atoms with van der Waals surface area (Å²) >= 11 is 0. The Morgan fingerprint density at radius 3 is 2.65 bits per heavy atom. The quantitative estimate of drug-likeness (QED) is 0.881. The fourth-order valence-corrected chi connectivity index (χ4v) is 1.96. The van der Waals surface area contributed by atoms with Gasteiger partial charge < -0.3 is 10.3 Å². The van der Waals surface area contributed by atoms with Crippen LogP contribution in [0.3, 0.4) is 0 Å². The molecule has 0 aliphatic heterocycles. The zero-order valence-corrected chi connectivity index (χ0v) is 10.7. The minimum atomic E-state index is -4.54. The van der Waals surface area contributed by atoms with Crippen LogP contribution in [-0.4, -0.2) is 9.55 Å². The van der Waals surface area contributed by atoms with Crippen molar-refractivity contribution in [1.82, 2.24) is 9.55 Å². The SMILES string of the molecule is CCn1ccnc1C(N)c1cc(C(F)(F)F)ccc1F. The van der Waals surface area contributed by atoms with Crippen molar-refractivity contribution >= 4 is 0 Å². The van der Waals surface area contributed by atoms with Gasteiger partial charge in [0.1, 0.15) is 11.6 Å². The van der Waals surface area contributed by atoms with Gasteiger partial charge in [0.25, 0.3) is 0 Å². The van der Waals surface area contributed by atoms with E-state index in [2.05, 4.69) is 4.98 Å². The number of aromatic nitrogens is 2. The van der Waals surface area contributed by atoms with Gasteiger partial charge in [0.15, 0.2) is 0 Å². The Bertz CT molecular complexity index is 604. The van der Waals surface area contributed by atoms with Crippen LogP contribution in [0.1, 0.15) is 29.9 Å². The fourth-order valence-electron chi connectivity index (χ4n) is 1.96. The number of nitrogens with zero attached hydrogens (tertiary/aromatic N) is 2. The molecule has 0 aliphatic rings. The van der Waals surface area contributed by atoms with E-state index in [0.717, 1.165) is 12.1 Å². The van der Waals surface area contributed by atoms with Gasteiger partial charge in [-0.05, 0) is 25.1 Å². The van der Waals surface area contributed by atoms with Crippen LogP contribution < -0.4 is 5.73 Å². The molecule has 2 N–H and O–H groups in total. The van der Waals surface area contributed by atoms with Crippen molar-refractivity contribution in [3.05, 3.63) is 53.4 Å². The third-order valence-electron chi connectivity index (χ3n) is 3.02. The molecule has 20 heavy (non-hydrogen) atoms. The first-order chi connectivity index (χ1) is 9.34. The number of halogens is 4. The fraction of sp³-hybridized carbons (Fsp3) is 0.308. The second-order valence-electron chi connectivity index (χ2n) is 4.28. The Kier molecular flexibility index (Phi) is 3.80. The molecule has 1 unspecified atom stereocenters. The zero-order valence-electron chi connectivity index (χ0n) is 10.7. The number of alkyl halides is 3. The number of benzene rings is 1. The van der Waals surface area contributed by atoms with Crippen LogP contribution in [0.25, 0.3) is 0 Å². The Morgan fingerprint density at radius 2 is 2.05 bits per heavy atom. The molecule has 0 aliphatic carbocycles. The molecular formula is C13H13F4N3. The summed E-state index contributed by atoms with van der Waals surface area (Å²) in [5.74, 6) is -0.457. The number of rotatable bonds is 3. The summed E-state index contributed by atoms with van der Waals surface area (Å²) < 4.78 is 53.4. The summed E-state index contributed by atoms with van der Waals surface area (Å²) in [5, 5.41) is 0. The van der Waals surface area contributed by atoms with E-state index in [4.69, 9.17) is 5.73 Å². The molecule has 1 aromatic carbocycles. The third-order valence-corrected chi connectivity index (χ3v) is 3.02. The summed E-state index contributed by atoms with van der Waals surface area (Å²) in [6, 6.07) is 1.15. The molecule has 0 spiro atoms. The van der Waals surface area contributed by atoms with Crippen molar-refractivity contribution in [1.29, 1.82) is 0 Å². The van der Waals surface area contributed by atoms with E-state index in [1.165, 1.54) is 6.20 Å². The second kappa shape index (κ2) is 5.24. The number of aryl methyl sites for hydroxylation is 1. The monoisotopic (exact) mass is 287 g/mol. The first-order valence-electron chi connectivity index (χ1n) is 5.97. The first-order valence-corrected chi connectivity index (χ1v) is 5.97.